The Kier molecular flexibility index (Phi) is 4.23. The van der Waals surface area contributed by atoms with E-state index in [0.717, 1.165) is 27.8 Å². The Morgan fingerprint density at radius 1 is 0.514 bits per heavy atom. The molecule has 6 aromatic carbocycles. The zero-order valence-corrected chi connectivity index (χ0v) is 20.0. The maximum Gasteiger partial charge on any atom is 0.0908 e. The highest BCUT2D eigenvalue weighted by molar-refractivity contribution is 6.26. The molecule has 172 valence electrons. The molecule has 0 fully saturated rings. The highest BCUT2D eigenvalue weighted by Crippen LogP contribution is 2.42. The van der Waals surface area contributed by atoms with Crippen molar-refractivity contribution in [3.8, 4) is 16.8 Å². The molecule has 37 heavy (non-hydrogen) atoms. The third-order valence-corrected chi connectivity index (χ3v) is 7.45. The quantitative estimate of drug-likeness (QED) is 0.252. The minimum atomic E-state index is 0.883. The predicted octanol–water partition coefficient (Wildman–Crippen LogP) is 8.70. The van der Waals surface area contributed by atoms with Crippen LogP contribution in [0.25, 0.3) is 71.2 Å². The normalized spacial score (nSPS) is 11.8. The lowest BCUT2D eigenvalue weighted by atomic mass is 10.0. The SMILES string of the molecule is c1ccc(-c2cc3nccnc3cc2-n2c3ccc4ccccc4c3c3ccc4ccccc4c32)cc1. The molecule has 0 saturated carbocycles. The lowest BCUT2D eigenvalue weighted by Gasteiger charge is -2.16. The summed E-state index contributed by atoms with van der Waals surface area (Å²) in [5.74, 6) is 0. The Hall–Kier alpha value is -5.02. The summed E-state index contributed by atoms with van der Waals surface area (Å²) in [6.45, 7) is 0. The Morgan fingerprint density at radius 3 is 1.97 bits per heavy atom. The van der Waals surface area contributed by atoms with Gasteiger partial charge in [0.2, 0.25) is 0 Å². The molecule has 0 atom stereocenters. The molecule has 0 aliphatic heterocycles. The number of aromatic nitrogens is 3. The van der Waals surface area contributed by atoms with Gasteiger partial charge in [-0.3, -0.25) is 9.97 Å². The predicted molar refractivity (Wildman–Crippen MR) is 154 cm³/mol. The van der Waals surface area contributed by atoms with Gasteiger partial charge in [-0.1, -0.05) is 97.1 Å². The van der Waals surface area contributed by atoms with Crippen LogP contribution in [0.4, 0.5) is 0 Å². The van der Waals surface area contributed by atoms with Crippen LogP contribution in [0.3, 0.4) is 0 Å². The number of hydrogen-bond acceptors (Lipinski definition) is 2. The summed E-state index contributed by atoms with van der Waals surface area (Å²) in [6, 6.07) is 41.3. The van der Waals surface area contributed by atoms with E-state index in [1.54, 1.807) is 12.4 Å². The summed E-state index contributed by atoms with van der Waals surface area (Å²) in [7, 11) is 0. The van der Waals surface area contributed by atoms with Crippen LogP contribution in [0.15, 0.2) is 128 Å². The Morgan fingerprint density at radius 2 is 1.16 bits per heavy atom. The van der Waals surface area contributed by atoms with E-state index in [1.165, 1.54) is 43.4 Å². The third-order valence-electron chi connectivity index (χ3n) is 7.45. The van der Waals surface area contributed by atoms with Gasteiger partial charge >= 0.3 is 0 Å². The number of benzene rings is 6. The van der Waals surface area contributed by atoms with E-state index in [9.17, 15) is 0 Å². The summed E-state index contributed by atoms with van der Waals surface area (Å²) in [5, 5.41) is 7.50. The minimum Gasteiger partial charge on any atom is -0.308 e. The average molecular weight is 472 g/mol. The molecule has 2 aromatic heterocycles. The summed E-state index contributed by atoms with van der Waals surface area (Å²) < 4.78 is 2.44. The molecule has 0 aliphatic carbocycles. The first-order valence-corrected chi connectivity index (χ1v) is 12.5. The Bertz CT molecular complexity index is 2140. The molecule has 0 aliphatic rings. The molecule has 8 rings (SSSR count). The van der Waals surface area contributed by atoms with E-state index in [1.807, 2.05) is 0 Å². The minimum absolute atomic E-state index is 0.883. The van der Waals surface area contributed by atoms with Crippen LogP contribution in [-0.2, 0) is 0 Å². The molecule has 3 nitrogen and oxygen atoms in total. The first-order valence-electron chi connectivity index (χ1n) is 12.5. The van der Waals surface area contributed by atoms with Crippen molar-refractivity contribution >= 4 is 54.4 Å². The van der Waals surface area contributed by atoms with Crippen molar-refractivity contribution in [1.82, 2.24) is 14.5 Å². The Balaban J connectivity index is 1.64. The van der Waals surface area contributed by atoms with Gasteiger partial charge in [0.25, 0.3) is 0 Å². The van der Waals surface area contributed by atoms with Gasteiger partial charge in [-0.2, -0.15) is 0 Å². The van der Waals surface area contributed by atoms with Gasteiger partial charge in [0.15, 0.2) is 0 Å². The first-order chi connectivity index (χ1) is 18.4. The van der Waals surface area contributed by atoms with Crippen LogP contribution in [0.1, 0.15) is 0 Å². The molecule has 3 heteroatoms. The molecule has 0 unspecified atom stereocenters. The van der Waals surface area contributed by atoms with E-state index in [0.29, 0.717) is 0 Å². The summed E-state index contributed by atoms with van der Waals surface area (Å²) in [6.07, 6.45) is 3.53. The van der Waals surface area contributed by atoms with Crippen molar-refractivity contribution in [2.45, 2.75) is 0 Å². The first kappa shape index (κ1) is 20.2. The second-order valence-corrected chi connectivity index (χ2v) is 9.48. The fourth-order valence-corrected chi connectivity index (χ4v) is 5.83. The fraction of sp³-hybridized carbons (Fsp3) is 0. The second-order valence-electron chi connectivity index (χ2n) is 9.48. The van der Waals surface area contributed by atoms with Gasteiger partial charge in [0, 0.05) is 34.1 Å². The van der Waals surface area contributed by atoms with E-state index < -0.39 is 0 Å². The maximum atomic E-state index is 4.68. The van der Waals surface area contributed by atoms with Crippen LogP contribution in [0.5, 0.6) is 0 Å². The lowest BCUT2D eigenvalue weighted by molar-refractivity contribution is 1.18. The lowest BCUT2D eigenvalue weighted by Crippen LogP contribution is -1.99. The number of rotatable bonds is 2. The number of fused-ring (bicyclic) bond motifs is 8. The van der Waals surface area contributed by atoms with E-state index in [2.05, 4.69) is 130 Å². The van der Waals surface area contributed by atoms with E-state index >= 15 is 0 Å². The van der Waals surface area contributed by atoms with Gasteiger partial charge in [-0.15, -0.1) is 0 Å². The smallest absolute Gasteiger partial charge is 0.0908 e. The van der Waals surface area contributed by atoms with Crippen molar-refractivity contribution in [3.63, 3.8) is 0 Å². The van der Waals surface area contributed by atoms with E-state index in [4.69, 9.17) is 0 Å². The summed E-state index contributed by atoms with van der Waals surface area (Å²) in [4.78, 5) is 9.32. The third kappa shape index (κ3) is 2.95. The zero-order valence-electron chi connectivity index (χ0n) is 20.0. The highest BCUT2D eigenvalue weighted by Gasteiger charge is 2.20. The van der Waals surface area contributed by atoms with Crippen LogP contribution >= 0.6 is 0 Å². The molecule has 0 radical (unpaired) electrons. The van der Waals surface area contributed by atoms with Gasteiger partial charge < -0.3 is 4.57 Å². The van der Waals surface area contributed by atoms with Crippen LogP contribution in [0.2, 0.25) is 0 Å². The molecule has 0 amide bonds. The standard InChI is InChI=1S/C34H21N3/c1-2-8-22(9-3-1)28-20-29-30(36-19-18-35-29)21-32(28)37-31-17-15-23-10-4-6-12-25(23)33(31)27-16-14-24-11-5-7-13-26(24)34(27)37/h1-21H. The van der Waals surface area contributed by atoms with Crippen LogP contribution in [-0.4, -0.2) is 14.5 Å². The Labute approximate surface area is 213 Å². The maximum absolute atomic E-state index is 4.68. The van der Waals surface area contributed by atoms with Crippen molar-refractivity contribution in [2.75, 3.05) is 0 Å². The fourth-order valence-electron chi connectivity index (χ4n) is 5.83. The van der Waals surface area contributed by atoms with E-state index in [-0.39, 0.29) is 0 Å². The molecule has 0 bridgehead atoms. The topological polar surface area (TPSA) is 30.7 Å². The van der Waals surface area contributed by atoms with Crippen molar-refractivity contribution in [3.05, 3.63) is 128 Å². The highest BCUT2D eigenvalue weighted by atomic mass is 15.0. The van der Waals surface area contributed by atoms with Crippen molar-refractivity contribution in [2.24, 2.45) is 0 Å². The van der Waals surface area contributed by atoms with Gasteiger partial charge in [0.05, 0.1) is 27.8 Å². The molecule has 0 saturated heterocycles. The second kappa shape index (κ2) is 7.74. The number of hydrogen-bond donors (Lipinski definition) is 0. The molecule has 8 aromatic rings. The van der Waals surface area contributed by atoms with Crippen LogP contribution < -0.4 is 0 Å². The van der Waals surface area contributed by atoms with Gasteiger partial charge in [-0.25, -0.2) is 0 Å². The molecular weight excluding hydrogens is 450 g/mol. The molecule has 0 spiro atoms. The largest absolute Gasteiger partial charge is 0.308 e. The molecule has 0 N–H and O–H groups in total. The summed E-state index contributed by atoms with van der Waals surface area (Å²) in [5.41, 5.74) is 7.56. The van der Waals surface area contributed by atoms with Crippen molar-refractivity contribution in [1.29, 1.82) is 0 Å². The molecular formula is C34H21N3. The zero-order chi connectivity index (χ0) is 24.3. The average Bonchev–Trinajstić information content (AvgIpc) is 3.32. The number of nitrogens with zero attached hydrogens (tertiary/aromatic N) is 3. The van der Waals surface area contributed by atoms with Gasteiger partial charge in [-0.05, 0) is 39.9 Å². The van der Waals surface area contributed by atoms with Gasteiger partial charge in [0.1, 0.15) is 0 Å². The van der Waals surface area contributed by atoms with Crippen molar-refractivity contribution < 1.29 is 0 Å². The van der Waals surface area contributed by atoms with Crippen LogP contribution in [0, 0.1) is 0 Å². The monoisotopic (exact) mass is 471 g/mol. The molecule has 2 heterocycles. The summed E-state index contributed by atoms with van der Waals surface area (Å²) >= 11 is 0.